The maximum Gasteiger partial charge on any atom is 0.338 e. The number of hydrogen-bond acceptors (Lipinski definition) is 5. The number of carbonyl (C=O) groups excluding carboxylic acids is 1. The van der Waals surface area contributed by atoms with Crippen LogP contribution in [0.1, 0.15) is 11.1 Å². The molecule has 0 saturated carbocycles. The van der Waals surface area contributed by atoms with Crippen LogP contribution in [0.15, 0.2) is 60.9 Å². The lowest BCUT2D eigenvalue weighted by Crippen LogP contribution is -2.40. The molecule has 0 aliphatic heterocycles. The molecular formula is C19H15FN6O. The molecule has 2 amide bonds. The predicted octanol–water partition coefficient (Wildman–Crippen LogP) is 2.51. The first-order chi connectivity index (χ1) is 13.0. The Kier molecular flexibility index (Phi) is 5.14. The lowest BCUT2D eigenvalue weighted by atomic mass is 10.2. The fourth-order valence-corrected chi connectivity index (χ4v) is 2.20. The zero-order valence-electron chi connectivity index (χ0n) is 14.1. The summed E-state index contributed by atoms with van der Waals surface area (Å²) in [4.78, 5) is 19.6. The van der Waals surface area contributed by atoms with Crippen molar-refractivity contribution in [3.05, 3.63) is 77.9 Å². The maximum atomic E-state index is 13.4. The van der Waals surface area contributed by atoms with E-state index < -0.39 is 11.8 Å². The zero-order valence-corrected chi connectivity index (χ0v) is 14.1. The molecule has 134 valence electrons. The summed E-state index contributed by atoms with van der Waals surface area (Å²) in [7, 11) is 0. The second-order valence-electron chi connectivity index (χ2n) is 5.43. The molecule has 3 aromatic rings. The molecule has 3 rings (SSSR count). The first-order valence-corrected chi connectivity index (χ1v) is 7.82. The van der Waals surface area contributed by atoms with Gasteiger partial charge in [-0.25, -0.2) is 24.2 Å². The largest absolute Gasteiger partial charge is 0.368 e. The van der Waals surface area contributed by atoms with Crippen molar-refractivity contribution in [2.75, 3.05) is 16.2 Å². The first-order valence-electron chi connectivity index (χ1n) is 7.82. The van der Waals surface area contributed by atoms with Crippen LogP contribution in [0.4, 0.5) is 26.5 Å². The predicted molar refractivity (Wildman–Crippen MR) is 101 cm³/mol. The Morgan fingerprint density at radius 2 is 1.74 bits per heavy atom. The number of nitrogens with two attached hydrogens (primary N) is 2. The van der Waals surface area contributed by atoms with Gasteiger partial charge in [0.1, 0.15) is 5.82 Å². The van der Waals surface area contributed by atoms with Crippen LogP contribution in [-0.2, 0) is 0 Å². The molecule has 0 radical (unpaired) electrons. The standard InChI is InChI=1S/C19H15FN6O/c20-15-4-2-5-16(10-15)25-26(19(22)27)17-6-1-3-13(9-17)7-8-14-11-23-18(21)24-12-14/h1-6,9-12,25H,(H2,22,27)(H2,21,23,24). The summed E-state index contributed by atoms with van der Waals surface area (Å²) in [5.74, 6) is 5.59. The third kappa shape index (κ3) is 4.70. The van der Waals surface area contributed by atoms with Crippen LogP contribution in [0.25, 0.3) is 0 Å². The van der Waals surface area contributed by atoms with E-state index in [1.165, 1.54) is 30.6 Å². The van der Waals surface area contributed by atoms with E-state index in [-0.39, 0.29) is 5.95 Å². The minimum absolute atomic E-state index is 0.170. The second kappa shape index (κ2) is 7.84. The third-order valence-electron chi connectivity index (χ3n) is 3.41. The third-order valence-corrected chi connectivity index (χ3v) is 3.41. The SMILES string of the molecule is NC(=O)N(Nc1cccc(F)c1)c1cccc(C#Cc2cnc(N)nc2)c1. The molecule has 7 nitrogen and oxygen atoms in total. The van der Waals surface area contributed by atoms with E-state index in [2.05, 4.69) is 27.2 Å². The number of amides is 2. The molecule has 0 spiro atoms. The van der Waals surface area contributed by atoms with Crippen LogP contribution >= 0.6 is 0 Å². The van der Waals surface area contributed by atoms with Crippen LogP contribution < -0.4 is 21.9 Å². The number of nitrogens with one attached hydrogen (secondary N) is 1. The molecule has 27 heavy (non-hydrogen) atoms. The number of primary amides is 1. The van der Waals surface area contributed by atoms with Crippen molar-refractivity contribution < 1.29 is 9.18 Å². The summed E-state index contributed by atoms with van der Waals surface area (Å²) in [5, 5.41) is 1.10. The van der Waals surface area contributed by atoms with Gasteiger partial charge in [-0.2, -0.15) is 0 Å². The minimum atomic E-state index is -0.753. The van der Waals surface area contributed by atoms with Crippen molar-refractivity contribution in [2.24, 2.45) is 5.73 Å². The number of nitrogen functional groups attached to an aromatic ring is 1. The number of halogens is 1. The zero-order chi connectivity index (χ0) is 19.2. The molecule has 2 aromatic carbocycles. The molecule has 0 saturated heterocycles. The van der Waals surface area contributed by atoms with Gasteiger partial charge < -0.3 is 11.5 Å². The molecule has 0 aliphatic carbocycles. The lowest BCUT2D eigenvalue weighted by Gasteiger charge is -2.22. The van der Waals surface area contributed by atoms with Gasteiger partial charge in [0.25, 0.3) is 0 Å². The number of rotatable bonds is 3. The Hall–Kier alpha value is -4.12. The maximum absolute atomic E-state index is 13.4. The summed E-state index contributed by atoms with van der Waals surface area (Å²) in [5.41, 5.74) is 15.7. The fourth-order valence-electron chi connectivity index (χ4n) is 2.20. The van der Waals surface area contributed by atoms with Gasteiger partial charge in [-0.3, -0.25) is 5.43 Å². The molecule has 0 unspecified atom stereocenters. The van der Waals surface area contributed by atoms with Crippen molar-refractivity contribution in [1.29, 1.82) is 0 Å². The number of hydrazine groups is 1. The highest BCUT2D eigenvalue weighted by Crippen LogP contribution is 2.18. The Morgan fingerprint density at radius 1 is 1.04 bits per heavy atom. The molecule has 0 aliphatic rings. The van der Waals surface area contributed by atoms with E-state index >= 15 is 0 Å². The first kappa shape index (κ1) is 17.7. The van der Waals surface area contributed by atoms with Crippen LogP contribution in [0.5, 0.6) is 0 Å². The van der Waals surface area contributed by atoms with Crippen molar-refractivity contribution >= 4 is 23.4 Å². The monoisotopic (exact) mass is 362 g/mol. The van der Waals surface area contributed by atoms with Crippen LogP contribution in [0.3, 0.4) is 0 Å². The fraction of sp³-hybridized carbons (Fsp3) is 0. The highest BCUT2D eigenvalue weighted by molar-refractivity contribution is 5.93. The average Bonchev–Trinajstić information content (AvgIpc) is 2.66. The van der Waals surface area contributed by atoms with E-state index in [1.807, 2.05) is 0 Å². The number of hydrogen-bond donors (Lipinski definition) is 3. The Labute approximate surface area is 154 Å². The van der Waals surface area contributed by atoms with Crippen LogP contribution in [-0.4, -0.2) is 16.0 Å². The molecule has 5 N–H and O–H groups in total. The van der Waals surface area contributed by atoms with Crippen LogP contribution in [0.2, 0.25) is 0 Å². The Balaban J connectivity index is 1.85. The van der Waals surface area contributed by atoms with Gasteiger partial charge in [0, 0.05) is 18.0 Å². The van der Waals surface area contributed by atoms with E-state index in [0.717, 1.165) is 5.01 Å². The van der Waals surface area contributed by atoms with Gasteiger partial charge in [-0.15, -0.1) is 0 Å². The topological polar surface area (TPSA) is 110 Å². The summed E-state index contributed by atoms with van der Waals surface area (Å²) < 4.78 is 13.4. The van der Waals surface area contributed by atoms with Crippen molar-refractivity contribution in [3.63, 3.8) is 0 Å². The highest BCUT2D eigenvalue weighted by atomic mass is 19.1. The van der Waals surface area contributed by atoms with Gasteiger partial charge in [-0.05, 0) is 36.4 Å². The summed E-state index contributed by atoms with van der Waals surface area (Å²) in [6.07, 6.45) is 3.03. The molecule has 0 atom stereocenters. The number of urea groups is 1. The minimum Gasteiger partial charge on any atom is -0.368 e. The van der Waals surface area contributed by atoms with Crippen molar-refractivity contribution in [2.45, 2.75) is 0 Å². The van der Waals surface area contributed by atoms with Crippen molar-refractivity contribution in [3.8, 4) is 11.8 Å². The molecule has 1 heterocycles. The van der Waals surface area contributed by atoms with Gasteiger partial charge in [0.2, 0.25) is 5.95 Å². The van der Waals surface area contributed by atoms with Crippen molar-refractivity contribution in [1.82, 2.24) is 9.97 Å². The smallest absolute Gasteiger partial charge is 0.338 e. The summed E-state index contributed by atoms with van der Waals surface area (Å²) in [6, 6.07) is 11.8. The molecule has 8 heteroatoms. The molecular weight excluding hydrogens is 347 g/mol. The van der Waals surface area contributed by atoms with Crippen LogP contribution in [0, 0.1) is 17.7 Å². The number of nitrogens with zero attached hydrogens (tertiary/aromatic N) is 3. The molecule has 1 aromatic heterocycles. The van der Waals surface area contributed by atoms with E-state index in [1.54, 1.807) is 30.3 Å². The van der Waals surface area contributed by atoms with E-state index in [0.29, 0.717) is 22.5 Å². The Bertz CT molecular complexity index is 1030. The number of carbonyl (C=O) groups is 1. The molecule has 0 fully saturated rings. The molecule has 0 bridgehead atoms. The summed E-state index contributed by atoms with van der Waals surface area (Å²) >= 11 is 0. The lowest BCUT2D eigenvalue weighted by molar-refractivity contribution is 0.255. The number of aromatic nitrogens is 2. The highest BCUT2D eigenvalue weighted by Gasteiger charge is 2.13. The van der Waals surface area contributed by atoms with Gasteiger partial charge in [0.05, 0.1) is 16.9 Å². The van der Waals surface area contributed by atoms with Gasteiger partial charge in [0.15, 0.2) is 0 Å². The normalized spacial score (nSPS) is 9.81. The van der Waals surface area contributed by atoms with Gasteiger partial charge in [-0.1, -0.05) is 24.0 Å². The summed E-state index contributed by atoms with van der Waals surface area (Å²) in [6.45, 7) is 0. The second-order valence-corrected chi connectivity index (χ2v) is 5.43. The Morgan fingerprint density at radius 3 is 2.44 bits per heavy atom. The number of benzene rings is 2. The van der Waals surface area contributed by atoms with E-state index in [9.17, 15) is 9.18 Å². The average molecular weight is 362 g/mol. The number of anilines is 3. The van der Waals surface area contributed by atoms with E-state index in [4.69, 9.17) is 11.5 Å². The van der Waals surface area contributed by atoms with Gasteiger partial charge >= 0.3 is 6.03 Å². The quantitative estimate of drug-likeness (QED) is 0.490.